The third-order valence-electron chi connectivity index (χ3n) is 2.69. The van der Waals surface area contributed by atoms with Crippen LogP contribution in [0.1, 0.15) is 17.9 Å². The van der Waals surface area contributed by atoms with E-state index in [0.717, 1.165) is 11.3 Å². The van der Waals surface area contributed by atoms with Crippen molar-refractivity contribution in [2.75, 3.05) is 13.7 Å². The van der Waals surface area contributed by atoms with E-state index in [4.69, 9.17) is 33.7 Å². The highest BCUT2D eigenvalue weighted by Crippen LogP contribution is 2.40. The molecule has 2 N–H and O–H groups in total. The molecule has 16 heavy (non-hydrogen) atoms. The second-order valence-electron chi connectivity index (χ2n) is 3.71. The summed E-state index contributed by atoms with van der Waals surface area (Å²) in [6.07, 6.45) is 0.705. The highest BCUT2D eigenvalue weighted by atomic mass is 35.5. The Kier molecular flexibility index (Phi) is 3.26. The molecule has 0 bridgehead atoms. The van der Waals surface area contributed by atoms with E-state index in [-0.39, 0.29) is 5.92 Å². The van der Waals surface area contributed by atoms with Crippen molar-refractivity contribution in [2.45, 2.75) is 12.3 Å². The molecule has 2 rings (SSSR count). The van der Waals surface area contributed by atoms with E-state index in [2.05, 4.69) is 4.99 Å². The number of halogens is 2. The third-order valence-corrected chi connectivity index (χ3v) is 3.51. The number of benzene rings is 1. The van der Waals surface area contributed by atoms with Crippen molar-refractivity contribution in [3.8, 4) is 5.75 Å². The molecule has 1 aromatic carbocycles. The minimum absolute atomic E-state index is 0.168. The van der Waals surface area contributed by atoms with Gasteiger partial charge in [0.2, 0.25) is 0 Å². The zero-order chi connectivity index (χ0) is 11.7. The number of amidine groups is 1. The van der Waals surface area contributed by atoms with Crippen molar-refractivity contribution < 1.29 is 4.74 Å². The molecule has 1 heterocycles. The number of hydrogen-bond acceptors (Lipinski definition) is 3. The van der Waals surface area contributed by atoms with Crippen molar-refractivity contribution in [3.05, 3.63) is 27.7 Å². The van der Waals surface area contributed by atoms with Crippen LogP contribution < -0.4 is 10.5 Å². The summed E-state index contributed by atoms with van der Waals surface area (Å²) in [4.78, 5) is 4.18. The largest absolute Gasteiger partial charge is 0.496 e. The van der Waals surface area contributed by atoms with Gasteiger partial charge in [0.1, 0.15) is 5.75 Å². The molecule has 0 fully saturated rings. The quantitative estimate of drug-likeness (QED) is 0.887. The molecule has 5 heteroatoms. The first kappa shape index (κ1) is 11.6. The van der Waals surface area contributed by atoms with Crippen molar-refractivity contribution in [1.82, 2.24) is 0 Å². The lowest BCUT2D eigenvalue weighted by Gasteiger charge is -2.16. The predicted octanol–water partition coefficient (Wildman–Crippen LogP) is 2.85. The van der Waals surface area contributed by atoms with E-state index in [1.165, 1.54) is 0 Å². The average molecular weight is 259 g/mol. The Morgan fingerprint density at radius 3 is 2.75 bits per heavy atom. The Labute approximate surface area is 104 Å². The highest BCUT2D eigenvalue weighted by molar-refractivity contribution is 6.42. The molecule has 1 unspecified atom stereocenters. The molecule has 1 atom stereocenters. The van der Waals surface area contributed by atoms with Gasteiger partial charge in [0.25, 0.3) is 0 Å². The van der Waals surface area contributed by atoms with Crippen LogP contribution in [-0.4, -0.2) is 19.5 Å². The van der Waals surface area contributed by atoms with Crippen molar-refractivity contribution in [2.24, 2.45) is 10.7 Å². The normalized spacial score (nSPS) is 19.7. The first-order chi connectivity index (χ1) is 7.63. The summed E-state index contributed by atoms with van der Waals surface area (Å²) in [5, 5.41) is 1.07. The summed E-state index contributed by atoms with van der Waals surface area (Å²) >= 11 is 12.2. The maximum atomic E-state index is 6.20. The molecule has 3 nitrogen and oxygen atoms in total. The predicted molar refractivity (Wildman–Crippen MR) is 66.9 cm³/mol. The Morgan fingerprint density at radius 1 is 1.44 bits per heavy atom. The molecule has 86 valence electrons. The maximum absolute atomic E-state index is 6.20. The number of nitrogens with two attached hydrogens (primary N) is 1. The molecular formula is C11H12Cl2N2O. The molecule has 0 aliphatic carbocycles. The van der Waals surface area contributed by atoms with Crippen molar-refractivity contribution in [1.29, 1.82) is 0 Å². The fraction of sp³-hybridized carbons (Fsp3) is 0.364. The third kappa shape index (κ3) is 1.97. The van der Waals surface area contributed by atoms with Gasteiger partial charge in [0.05, 0.1) is 23.0 Å². The minimum Gasteiger partial charge on any atom is -0.496 e. The smallest absolute Gasteiger partial charge is 0.124 e. The van der Waals surface area contributed by atoms with Crippen molar-refractivity contribution in [3.63, 3.8) is 0 Å². The van der Waals surface area contributed by atoms with Crippen LogP contribution >= 0.6 is 23.2 Å². The van der Waals surface area contributed by atoms with Crippen LogP contribution in [0, 0.1) is 0 Å². The van der Waals surface area contributed by atoms with Gasteiger partial charge in [0, 0.05) is 24.4 Å². The fourth-order valence-electron chi connectivity index (χ4n) is 1.91. The van der Waals surface area contributed by atoms with E-state index in [1.54, 1.807) is 13.2 Å². The summed E-state index contributed by atoms with van der Waals surface area (Å²) < 4.78 is 5.29. The zero-order valence-electron chi connectivity index (χ0n) is 8.84. The summed E-state index contributed by atoms with van der Waals surface area (Å²) in [5.74, 6) is 1.56. The average Bonchev–Trinajstić information content (AvgIpc) is 2.68. The van der Waals surface area contributed by atoms with Crippen LogP contribution in [0.4, 0.5) is 0 Å². The van der Waals surface area contributed by atoms with Gasteiger partial charge in [-0.3, -0.25) is 4.99 Å². The van der Waals surface area contributed by atoms with Crippen LogP contribution in [0.5, 0.6) is 5.75 Å². The second-order valence-corrected chi connectivity index (χ2v) is 4.50. The Bertz CT molecular complexity index is 446. The standard InChI is InChI=1S/C11H12Cl2N2O/c1-16-8-3-2-7(12)11(13)10(8)6-4-9(14)15-5-6/h2-3,6H,4-5H2,1H3,(H2,14,15). The first-order valence-corrected chi connectivity index (χ1v) is 5.69. The molecule has 0 saturated heterocycles. The molecule has 1 aliphatic heterocycles. The van der Waals surface area contributed by atoms with Gasteiger partial charge in [-0.25, -0.2) is 0 Å². The SMILES string of the molecule is COc1ccc(Cl)c(Cl)c1C1CN=C(N)C1. The molecule has 0 aromatic heterocycles. The van der Waals surface area contributed by atoms with Crippen LogP contribution in [0.3, 0.4) is 0 Å². The minimum atomic E-state index is 0.168. The van der Waals surface area contributed by atoms with Gasteiger partial charge in [-0.15, -0.1) is 0 Å². The topological polar surface area (TPSA) is 47.6 Å². The number of ether oxygens (including phenoxy) is 1. The summed E-state index contributed by atoms with van der Waals surface area (Å²) in [6.45, 7) is 0.641. The van der Waals surface area contributed by atoms with Gasteiger partial charge in [-0.05, 0) is 12.1 Å². The summed E-state index contributed by atoms with van der Waals surface area (Å²) in [7, 11) is 1.61. The summed E-state index contributed by atoms with van der Waals surface area (Å²) in [5.41, 5.74) is 6.58. The first-order valence-electron chi connectivity index (χ1n) is 4.94. The lowest BCUT2D eigenvalue weighted by atomic mass is 9.96. The monoisotopic (exact) mass is 258 g/mol. The maximum Gasteiger partial charge on any atom is 0.124 e. The lowest BCUT2D eigenvalue weighted by Crippen LogP contribution is -2.10. The Hall–Kier alpha value is -0.930. The zero-order valence-corrected chi connectivity index (χ0v) is 10.3. The fourth-order valence-corrected chi connectivity index (χ4v) is 2.38. The number of nitrogens with zero attached hydrogens (tertiary/aromatic N) is 1. The van der Waals surface area contributed by atoms with Gasteiger partial charge >= 0.3 is 0 Å². The van der Waals surface area contributed by atoms with E-state index in [0.29, 0.717) is 28.8 Å². The lowest BCUT2D eigenvalue weighted by molar-refractivity contribution is 0.406. The van der Waals surface area contributed by atoms with Crippen LogP contribution in [-0.2, 0) is 0 Å². The van der Waals surface area contributed by atoms with Gasteiger partial charge in [-0.2, -0.15) is 0 Å². The van der Waals surface area contributed by atoms with Gasteiger partial charge in [0.15, 0.2) is 0 Å². The van der Waals surface area contributed by atoms with Gasteiger partial charge in [-0.1, -0.05) is 23.2 Å². The number of rotatable bonds is 2. The molecule has 0 radical (unpaired) electrons. The van der Waals surface area contributed by atoms with E-state index in [9.17, 15) is 0 Å². The van der Waals surface area contributed by atoms with E-state index in [1.807, 2.05) is 6.07 Å². The molecule has 0 spiro atoms. The van der Waals surface area contributed by atoms with Crippen LogP contribution in [0.15, 0.2) is 17.1 Å². The molecule has 0 amide bonds. The Balaban J connectivity index is 2.42. The molecule has 1 aliphatic rings. The molecular weight excluding hydrogens is 247 g/mol. The van der Waals surface area contributed by atoms with E-state index < -0.39 is 0 Å². The molecule has 0 saturated carbocycles. The van der Waals surface area contributed by atoms with Crippen LogP contribution in [0.25, 0.3) is 0 Å². The number of aliphatic imine (C=N–C) groups is 1. The van der Waals surface area contributed by atoms with E-state index >= 15 is 0 Å². The van der Waals surface area contributed by atoms with Gasteiger partial charge < -0.3 is 10.5 Å². The van der Waals surface area contributed by atoms with Crippen LogP contribution in [0.2, 0.25) is 10.0 Å². The summed E-state index contributed by atoms with van der Waals surface area (Å²) in [6, 6.07) is 3.55. The number of methoxy groups -OCH3 is 1. The Morgan fingerprint density at radius 2 is 2.19 bits per heavy atom. The second kappa shape index (κ2) is 4.52. The number of hydrogen-bond donors (Lipinski definition) is 1. The molecule has 1 aromatic rings. The highest BCUT2D eigenvalue weighted by Gasteiger charge is 2.25. The van der Waals surface area contributed by atoms with Crippen molar-refractivity contribution >= 4 is 29.0 Å².